The lowest BCUT2D eigenvalue weighted by atomic mass is 10.1. The molecule has 2 aromatic rings. The zero-order valence-corrected chi connectivity index (χ0v) is 13.2. The fourth-order valence-electron chi connectivity index (χ4n) is 2.62. The minimum atomic E-state index is -0.605. The summed E-state index contributed by atoms with van der Waals surface area (Å²) in [6.45, 7) is 4.17. The maximum Gasteiger partial charge on any atom is 0.326 e. The topological polar surface area (TPSA) is 36.4 Å². The van der Waals surface area contributed by atoms with Crippen molar-refractivity contribution in [1.82, 2.24) is 9.88 Å². The summed E-state index contributed by atoms with van der Waals surface area (Å²) in [5.41, 5.74) is 0.602. The average molecular weight is 317 g/mol. The molecule has 23 heavy (non-hydrogen) atoms. The van der Waals surface area contributed by atoms with E-state index in [4.69, 9.17) is 0 Å². The number of hydrogen-bond donors (Lipinski definition) is 0. The van der Waals surface area contributed by atoms with Crippen molar-refractivity contribution in [2.45, 2.75) is 19.4 Å². The number of carbonyl (C=O) groups is 1. The molecule has 1 aromatic heterocycles. The van der Waals surface area contributed by atoms with E-state index in [9.17, 15) is 13.6 Å². The number of hydrogen-bond acceptors (Lipinski definition) is 2. The number of benzene rings is 1. The van der Waals surface area contributed by atoms with Crippen molar-refractivity contribution in [3.05, 3.63) is 48.2 Å². The Labute approximate surface area is 133 Å². The molecular weight excluding hydrogens is 300 g/mol. The van der Waals surface area contributed by atoms with Crippen LogP contribution in [-0.4, -0.2) is 35.0 Å². The van der Waals surface area contributed by atoms with Gasteiger partial charge in [-0.15, -0.1) is 0 Å². The normalized spacial score (nSPS) is 17.0. The van der Waals surface area contributed by atoms with Gasteiger partial charge in [0.25, 0.3) is 0 Å². The first kappa shape index (κ1) is 15.4. The fraction of sp³-hybridized carbons (Fsp3) is 0.294. The SMILES string of the molecule is CN1C(=O)N(c2ncc(-c3cccc(F)c3)cc2F)CC1(C)C. The maximum absolute atomic E-state index is 14.5. The highest BCUT2D eigenvalue weighted by Gasteiger charge is 2.42. The monoisotopic (exact) mass is 317 g/mol. The summed E-state index contributed by atoms with van der Waals surface area (Å²) in [7, 11) is 1.68. The van der Waals surface area contributed by atoms with Crippen LogP contribution in [0.25, 0.3) is 11.1 Å². The number of aromatic nitrogens is 1. The van der Waals surface area contributed by atoms with Gasteiger partial charge in [-0.25, -0.2) is 18.6 Å². The van der Waals surface area contributed by atoms with Crippen molar-refractivity contribution >= 4 is 11.8 Å². The van der Waals surface area contributed by atoms with E-state index in [-0.39, 0.29) is 11.8 Å². The first-order chi connectivity index (χ1) is 10.8. The molecule has 1 aliphatic heterocycles. The molecule has 0 bridgehead atoms. The van der Waals surface area contributed by atoms with Crippen LogP contribution in [0.5, 0.6) is 0 Å². The van der Waals surface area contributed by atoms with Gasteiger partial charge >= 0.3 is 6.03 Å². The predicted molar refractivity (Wildman–Crippen MR) is 84.2 cm³/mol. The van der Waals surface area contributed by atoms with Gasteiger partial charge in [0.1, 0.15) is 5.82 Å². The molecule has 0 N–H and O–H groups in total. The number of nitrogens with zero attached hydrogens (tertiary/aromatic N) is 3. The Hall–Kier alpha value is -2.50. The van der Waals surface area contributed by atoms with Crippen LogP contribution >= 0.6 is 0 Å². The predicted octanol–water partition coefficient (Wildman–Crippen LogP) is 3.68. The Bertz CT molecular complexity index is 776. The Kier molecular flexibility index (Phi) is 3.55. The number of rotatable bonds is 2. The van der Waals surface area contributed by atoms with Crippen molar-refractivity contribution in [2.24, 2.45) is 0 Å². The molecule has 0 saturated carbocycles. The molecule has 1 aromatic carbocycles. The standard InChI is InChI=1S/C17H17F2N3O/c1-17(2)10-22(16(23)21(17)3)15-14(19)8-12(9-20-15)11-5-4-6-13(18)7-11/h4-9H,10H2,1-3H3. The lowest BCUT2D eigenvalue weighted by Crippen LogP contribution is -2.38. The summed E-state index contributed by atoms with van der Waals surface area (Å²) in [5.74, 6) is -1.01. The number of pyridine rings is 1. The molecule has 3 rings (SSSR count). The summed E-state index contributed by atoms with van der Waals surface area (Å²) >= 11 is 0. The van der Waals surface area contributed by atoms with Gasteiger partial charge in [-0.1, -0.05) is 12.1 Å². The number of anilines is 1. The van der Waals surface area contributed by atoms with Crippen LogP contribution in [0.4, 0.5) is 19.4 Å². The molecule has 120 valence electrons. The lowest BCUT2D eigenvalue weighted by Gasteiger charge is -2.24. The molecule has 1 fully saturated rings. The Balaban J connectivity index is 1.96. The van der Waals surface area contributed by atoms with E-state index < -0.39 is 17.2 Å². The molecule has 6 heteroatoms. The van der Waals surface area contributed by atoms with Gasteiger partial charge in [-0.3, -0.25) is 4.90 Å². The van der Waals surface area contributed by atoms with Gasteiger partial charge in [0, 0.05) is 18.8 Å². The maximum atomic E-state index is 14.5. The molecule has 4 nitrogen and oxygen atoms in total. The second-order valence-corrected chi connectivity index (χ2v) is 6.28. The van der Waals surface area contributed by atoms with Crippen LogP contribution in [0.2, 0.25) is 0 Å². The van der Waals surface area contributed by atoms with Crippen LogP contribution in [0.15, 0.2) is 36.5 Å². The van der Waals surface area contributed by atoms with E-state index >= 15 is 0 Å². The highest BCUT2D eigenvalue weighted by molar-refractivity contribution is 5.94. The smallest absolute Gasteiger partial charge is 0.320 e. The van der Waals surface area contributed by atoms with E-state index in [0.29, 0.717) is 17.7 Å². The third kappa shape index (κ3) is 2.65. The minimum Gasteiger partial charge on any atom is -0.320 e. The third-order valence-corrected chi connectivity index (χ3v) is 4.21. The summed E-state index contributed by atoms with van der Waals surface area (Å²) in [6, 6.07) is 6.85. The van der Waals surface area contributed by atoms with Gasteiger partial charge in [-0.2, -0.15) is 0 Å². The first-order valence-corrected chi connectivity index (χ1v) is 7.26. The second kappa shape index (κ2) is 5.30. The zero-order valence-electron chi connectivity index (χ0n) is 13.2. The highest BCUT2D eigenvalue weighted by Crippen LogP contribution is 2.31. The molecule has 0 unspecified atom stereocenters. The lowest BCUT2D eigenvalue weighted by molar-refractivity contribution is 0.198. The van der Waals surface area contributed by atoms with Gasteiger partial charge < -0.3 is 4.90 Å². The molecule has 0 spiro atoms. The Morgan fingerprint density at radius 3 is 2.48 bits per heavy atom. The van der Waals surface area contributed by atoms with Crippen molar-refractivity contribution in [2.75, 3.05) is 18.5 Å². The number of carbonyl (C=O) groups excluding carboxylic acids is 1. The first-order valence-electron chi connectivity index (χ1n) is 7.26. The summed E-state index contributed by atoms with van der Waals surface area (Å²) in [5, 5.41) is 0. The average Bonchev–Trinajstić information content (AvgIpc) is 2.70. The van der Waals surface area contributed by atoms with Crippen LogP contribution in [0.3, 0.4) is 0 Å². The van der Waals surface area contributed by atoms with E-state index in [1.165, 1.54) is 29.3 Å². The fourth-order valence-corrected chi connectivity index (χ4v) is 2.62. The molecule has 0 aliphatic carbocycles. The molecule has 0 atom stereocenters. The van der Waals surface area contributed by atoms with Crippen LogP contribution in [0.1, 0.15) is 13.8 Å². The van der Waals surface area contributed by atoms with E-state index in [2.05, 4.69) is 4.98 Å². The van der Waals surface area contributed by atoms with Gasteiger partial charge in [0.15, 0.2) is 11.6 Å². The van der Waals surface area contributed by atoms with Gasteiger partial charge in [0.05, 0.1) is 12.1 Å². The number of likely N-dealkylation sites (N-methyl/N-ethyl adjacent to an activating group) is 1. The number of halogens is 2. The number of urea groups is 1. The van der Waals surface area contributed by atoms with E-state index in [1.54, 1.807) is 24.1 Å². The van der Waals surface area contributed by atoms with Gasteiger partial charge in [0.2, 0.25) is 0 Å². The quantitative estimate of drug-likeness (QED) is 0.847. The molecule has 1 saturated heterocycles. The van der Waals surface area contributed by atoms with Crippen molar-refractivity contribution < 1.29 is 13.6 Å². The minimum absolute atomic E-state index is 0.00687. The van der Waals surface area contributed by atoms with E-state index in [0.717, 1.165) is 0 Å². The number of amides is 2. The Morgan fingerprint density at radius 2 is 1.91 bits per heavy atom. The second-order valence-electron chi connectivity index (χ2n) is 6.28. The van der Waals surface area contributed by atoms with Crippen LogP contribution in [-0.2, 0) is 0 Å². The van der Waals surface area contributed by atoms with Crippen molar-refractivity contribution in [1.29, 1.82) is 0 Å². The molecular formula is C17H17F2N3O. The summed E-state index contributed by atoms with van der Waals surface area (Å²) in [4.78, 5) is 19.3. The summed E-state index contributed by atoms with van der Waals surface area (Å²) in [6.07, 6.45) is 1.45. The van der Waals surface area contributed by atoms with Gasteiger partial charge in [-0.05, 0) is 37.6 Å². The molecule has 2 heterocycles. The molecule has 2 amide bonds. The van der Waals surface area contributed by atoms with Crippen LogP contribution in [0, 0.1) is 11.6 Å². The highest BCUT2D eigenvalue weighted by atomic mass is 19.1. The molecule has 0 radical (unpaired) electrons. The Morgan fingerprint density at radius 1 is 1.17 bits per heavy atom. The largest absolute Gasteiger partial charge is 0.326 e. The van der Waals surface area contributed by atoms with E-state index in [1.807, 2.05) is 13.8 Å². The summed E-state index contributed by atoms with van der Waals surface area (Å²) < 4.78 is 27.8. The van der Waals surface area contributed by atoms with Crippen LogP contribution < -0.4 is 4.90 Å². The van der Waals surface area contributed by atoms with Crippen molar-refractivity contribution in [3.63, 3.8) is 0 Å². The van der Waals surface area contributed by atoms with Crippen molar-refractivity contribution in [3.8, 4) is 11.1 Å². The third-order valence-electron chi connectivity index (χ3n) is 4.21. The molecule has 1 aliphatic rings. The zero-order chi connectivity index (χ0) is 16.8.